The highest BCUT2D eigenvalue weighted by molar-refractivity contribution is 5.73. The van der Waals surface area contributed by atoms with Gasteiger partial charge in [0.05, 0.1) is 0 Å². The lowest BCUT2D eigenvalue weighted by atomic mass is 10.3. The van der Waals surface area contributed by atoms with Crippen molar-refractivity contribution < 1.29 is 9.90 Å². The number of hydrogen-bond acceptors (Lipinski definition) is 3. The lowest BCUT2D eigenvalue weighted by Crippen LogP contribution is -2.43. The largest absolute Gasteiger partial charge is 0.374 e. The Morgan fingerprint density at radius 3 is 2.94 bits per heavy atom. The van der Waals surface area contributed by atoms with Crippen LogP contribution in [0.4, 0.5) is 4.79 Å². The Labute approximate surface area is 106 Å². The third-order valence-electron chi connectivity index (χ3n) is 2.53. The molecular formula is C12H19N3O3. The van der Waals surface area contributed by atoms with Gasteiger partial charge in [0.2, 0.25) is 0 Å². The summed E-state index contributed by atoms with van der Waals surface area (Å²) in [5.74, 6) is 0. The SMILES string of the molecule is CC[C@@H](O)NC(=O)NCCn1cccc(C)c1=O. The van der Waals surface area contributed by atoms with Gasteiger partial charge in [0.1, 0.15) is 6.23 Å². The van der Waals surface area contributed by atoms with Gasteiger partial charge in [0.25, 0.3) is 5.56 Å². The van der Waals surface area contributed by atoms with Crippen LogP contribution in [-0.2, 0) is 6.54 Å². The summed E-state index contributed by atoms with van der Waals surface area (Å²) >= 11 is 0. The number of carbonyl (C=O) groups excluding carboxylic acids is 1. The summed E-state index contributed by atoms with van der Waals surface area (Å²) in [6.07, 6.45) is 1.28. The standard InChI is InChI=1S/C12H19N3O3/c1-3-10(16)14-12(18)13-6-8-15-7-4-5-9(2)11(15)17/h4-5,7,10,16H,3,6,8H2,1-2H3,(H2,13,14,18)/t10-/m1/s1. The molecule has 6 nitrogen and oxygen atoms in total. The predicted molar refractivity (Wildman–Crippen MR) is 68.3 cm³/mol. The van der Waals surface area contributed by atoms with Crippen LogP contribution in [0.1, 0.15) is 18.9 Å². The van der Waals surface area contributed by atoms with Crippen molar-refractivity contribution in [1.82, 2.24) is 15.2 Å². The maximum atomic E-state index is 11.7. The molecule has 2 amide bonds. The lowest BCUT2D eigenvalue weighted by Gasteiger charge is -2.12. The zero-order valence-electron chi connectivity index (χ0n) is 10.6. The van der Waals surface area contributed by atoms with Crippen LogP contribution in [0.15, 0.2) is 23.1 Å². The van der Waals surface area contributed by atoms with Crippen molar-refractivity contribution in [3.8, 4) is 0 Å². The van der Waals surface area contributed by atoms with Gasteiger partial charge in [0.15, 0.2) is 0 Å². The Hall–Kier alpha value is -1.82. The first-order chi connectivity index (χ1) is 8.54. The quantitative estimate of drug-likeness (QED) is 0.655. The molecule has 0 spiro atoms. The predicted octanol–water partition coefficient (Wildman–Crippen LogP) is 0.184. The van der Waals surface area contributed by atoms with E-state index in [9.17, 15) is 14.7 Å². The highest BCUT2D eigenvalue weighted by Gasteiger charge is 2.05. The number of pyridine rings is 1. The van der Waals surface area contributed by atoms with E-state index in [1.807, 2.05) is 0 Å². The molecule has 0 aliphatic carbocycles. The van der Waals surface area contributed by atoms with E-state index in [0.29, 0.717) is 25.1 Å². The number of hydrogen-bond donors (Lipinski definition) is 3. The number of aryl methyl sites for hydroxylation is 1. The van der Waals surface area contributed by atoms with Crippen molar-refractivity contribution in [2.24, 2.45) is 0 Å². The van der Waals surface area contributed by atoms with Crippen LogP contribution in [0.2, 0.25) is 0 Å². The normalized spacial score (nSPS) is 11.9. The number of aliphatic hydroxyl groups is 1. The molecular weight excluding hydrogens is 234 g/mol. The smallest absolute Gasteiger partial charge is 0.316 e. The first-order valence-electron chi connectivity index (χ1n) is 5.93. The first kappa shape index (κ1) is 14.2. The molecule has 0 saturated carbocycles. The number of rotatable bonds is 5. The number of nitrogens with one attached hydrogen (secondary N) is 2. The highest BCUT2D eigenvalue weighted by atomic mass is 16.3. The van der Waals surface area contributed by atoms with E-state index >= 15 is 0 Å². The molecule has 0 aliphatic heterocycles. The number of nitrogens with zero attached hydrogens (tertiary/aromatic N) is 1. The average Bonchev–Trinajstić information content (AvgIpc) is 2.34. The van der Waals surface area contributed by atoms with Crippen LogP contribution >= 0.6 is 0 Å². The van der Waals surface area contributed by atoms with Gasteiger partial charge in [-0.2, -0.15) is 0 Å². The minimum Gasteiger partial charge on any atom is -0.374 e. The van der Waals surface area contributed by atoms with Crippen LogP contribution in [0, 0.1) is 6.92 Å². The Morgan fingerprint density at radius 2 is 2.28 bits per heavy atom. The second-order valence-electron chi connectivity index (χ2n) is 4.01. The second-order valence-corrected chi connectivity index (χ2v) is 4.01. The monoisotopic (exact) mass is 253 g/mol. The Morgan fingerprint density at radius 1 is 1.56 bits per heavy atom. The van der Waals surface area contributed by atoms with E-state index in [2.05, 4.69) is 10.6 Å². The van der Waals surface area contributed by atoms with Crippen LogP contribution in [0.5, 0.6) is 0 Å². The molecule has 1 aromatic rings. The molecule has 100 valence electrons. The maximum Gasteiger partial charge on any atom is 0.316 e. The zero-order chi connectivity index (χ0) is 13.5. The molecule has 0 saturated heterocycles. The molecule has 1 heterocycles. The Balaban J connectivity index is 2.40. The maximum absolute atomic E-state index is 11.7. The fourth-order valence-electron chi connectivity index (χ4n) is 1.43. The van der Waals surface area contributed by atoms with Crippen molar-refractivity contribution in [1.29, 1.82) is 0 Å². The summed E-state index contributed by atoms with van der Waals surface area (Å²) in [6, 6.07) is 3.10. The van der Waals surface area contributed by atoms with Crippen molar-refractivity contribution in [3.05, 3.63) is 34.2 Å². The topological polar surface area (TPSA) is 83.4 Å². The fraction of sp³-hybridized carbons (Fsp3) is 0.500. The zero-order valence-corrected chi connectivity index (χ0v) is 10.6. The third kappa shape index (κ3) is 4.21. The summed E-state index contributed by atoms with van der Waals surface area (Å²) in [6.45, 7) is 4.23. The molecule has 0 aromatic carbocycles. The summed E-state index contributed by atoms with van der Waals surface area (Å²) in [5.41, 5.74) is 0.608. The van der Waals surface area contributed by atoms with Crippen LogP contribution in [-0.4, -0.2) is 28.5 Å². The van der Waals surface area contributed by atoms with Gasteiger partial charge in [-0.05, 0) is 19.4 Å². The fourth-order valence-corrected chi connectivity index (χ4v) is 1.43. The number of aliphatic hydroxyl groups excluding tert-OH is 1. The molecule has 0 bridgehead atoms. The van der Waals surface area contributed by atoms with Gasteiger partial charge in [-0.1, -0.05) is 13.0 Å². The van der Waals surface area contributed by atoms with Gasteiger partial charge in [-0.3, -0.25) is 4.79 Å². The summed E-state index contributed by atoms with van der Waals surface area (Å²) in [5, 5.41) is 14.1. The van der Waals surface area contributed by atoms with E-state index in [0.717, 1.165) is 0 Å². The molecule has 1 rings (SSSR count). The van der Waals surface area contributed by atoms with Gasteiger partial charge in [-0.25, -0.2) is 4.79 Å². The van der Waals surface area contributed by atoms with Crippen LogP contribution < -0.4 is 16.2 Å². The number of amides is 2. The van der Waals surface area contributed by atoms with E-state index in [1.165, 1.54) is 4.57 Å². The molecule has 0 radical (unpaired) electrons. The van der Waals surface area contributed by atoms with Gasteiger partial charge in [-0.15, -0.1) is 0 Å². The number of urea groups is 1. The summed E-state index contributed by atoms with van der Waals surface area (Å²) in [4.78, 5) is 22.9. The molecule has 1 atom stereocenters. The Bertz CT molecular complexity index is 456. The highest BCUT2D eigenvalue weighted by Crippen LogP contribution is 1.88. The summed E-state index contributed by atoms with van der Waals surface area (Å²) < 4.78 is 1.53. The van der Waals surface area contributed by atoms with Gasteiger partial charge < -0.3 is 20.3 Å². The molecule has 0 unspecified atom stereocenters. The van der Waals surface area contributed by atoms with Crippen molar-refractivity contribution in [2.75, 3.05) is 6.54 Å². The lowest BCUT2D eigenvalue weighted by molar-refractivity contribution is 0.137. The van der Waals surface area contributed by atoms with Crippen LogP contribution in [0.3, 0.4) is 0 Å². The van der Waals surface area contributed by atoms with E-state index < -0.39 is 12.3 Å². The molecule has 18 heavy (non-hydrogen) atoms. The van der Waals surface area contributed by atoms with Crippen molar-refractivity contribution in [2.45, 2.75) is 33.0 Å². The minimum absolute atomic E-state index is 0.0618. The van der Waals surface area contributed by atoms with Crippen molar-refractivity contribution in [3.63, 3.8) is 0 Å². The number of carbonyl (C=O) groups is 1. The third-order valence-corrected chi connectivity index (χ3v) is 2.53. The molecule has 0 aliphatic rings. The summed E-state index contributed by atoms with van der Waals surface area (Å²) in [7, 11) is 0. The minimum atomic E-state index is -0.841. The molecule has 3 N–H and O–H groups in total. The molecule has 1 aromatic heterocycles. The first-order valence-corrected chi connectivity index (χ1v) is 5.93. The average molecular weight is 253 g/mol. The second kappa shape index (κ2) is 6.80. The molecule has 0 fully saturated rings. The number of aromatic nitrogens is 1. The van der Waals surface area contributed by atoms with Gasteiger partial charge >= 0.3 is 6.03 Å². The Kier molecular flexibility index (Phi) is 5.38. The van der Waals surface area contributed by atoms with E-state index in [-0.39, 0.29) is 5.56 Å². The van der Waals surface area contributed by atoms with Crippen molar-refractivity contribution >= 4 is 6.03 Å². The molecule has 6 heteroatoms. The van der Waals surface area contributed by atoms with E-state index in [4.69, 9.17) is 0 Å². The van der Waals surface area contributed by atoms with E-state index in [1.54, 1.807) is 32.2 Å². The van der Waals surface area contributed by atoms with Crippen LogP contribution in [0.25, 0.3) is 0 Å². The van der Waals surface area contributed by atoms with Gasteiger partial charge in [0, 0.05) is 24.8 Å².